The van der Waals surface area contributed by atoms with E-state index >= 15 is 0 Å². The fourth-order valence-corrected chi connectivity index (χ4v) is 2.14. The molecule has 0 aliphatic carbocycles. The van der Waals surface area contributed by atoms with Crippen LogP contribution in [0.5, 0.6) is 0 Å². The zero-order chi connectivity index (χ0) is 16.3. The maximum Gasteiger partial charge on any atom is 0.0773 e. The van der Waals surface area contributed by atoms with Gasteiger partial charge in [-0.2, -0.15) is 0 Å². The Balaban J connectivity index is 3.11. The second-order valence-electron chi connectivity index (χ2n) is 5.59. The molecule has 0 saturated heterocycles. The molecule has 0 bridgehead atoms. The van der Waals surface area contributed by atoms with Crippen LogP contribution in [0.3, 0.4) is 0 Å². The van der Waals surface area contributed by atoms with Gasteiger partial charge in [0.2, 0.25) is 0 Å². The van der Waals surface area contributed by atoms with E-state index in [-0.39, 0.29) is 12.7 Å². The molecule has 0 heterocycles. The molecular formula is C17H36O5. The van der Waals surface area contributed by atoms with Gasteiger partial charge < -0.3 is 24.4 Å². The molecule has 0 aromatic rings. The van der Waals surface area contributed by atoms with Gasteiger partial charge in [0.25, 0.3) is 0 Å². The Morgan fingerprint density at radius 2 is 1.27 bits per heavy atom. The Morgan fingerprint density at radius 3 is 1.91 bits per heavy atom. The number of unbranched alkanes of at least 4 members (excludes halogenated alkanes) is 6. The average Bonchev–Trinajstić information content (AvgIpc) is 2.52. The van der Waals surface area contributed by atoms with Crippen molar-refractivity contribution in [1.82, 2.24) is 0 Å². The van der Waals surface area contributed by atoms with Crippen molar-refractivity contribution >= 4 is 0 Å². The van der Waals surface area contributed by atoms with Crippen LogP contribution < -0.4 is 0 Å². The highest BCUT2D eigenvalue weighted by molar-refractivity contribution is 4.55. The van der Waals surface area contributed by atoms with Gasteiger partial charge in [-0.3, -0.25) is 0 Å². The SMILES string of the molecule is CCCCCCCCCC(O)COCCOCCOCCO. The minimum atomic E-state index is -0.358. The number of rotatable bonds is 18. The summed E-state index contributed by atoms with van der Waals surface area (Å²) in [4.78, 5) is 0. The summed E-state index contributed by atoms with van der Waals surface area (Å²) < 4.78 is 15.7. The van der Waals surface area contributed by atoms with Gasteiger partial charge >= 0.3 is 0 Å². The summed E-state index contributed by atoms with van der Waals surface area (Å²) in [5.74, 6) is 0. The van der Waals surface area contributed by atoms with Gasteiger partial charge in [0.05, 0.1) is 52.4 Å². The molecule has 0 radical (unpaired) electrons. The highest BCUT2D eigenvalue weighted by Gasteiger charge is 2.03. The second kappa shape index (κ2) is 18.8. The van der Waals surface area contributed by atoms with Crippen LogP contribution >= 0.6 is 0 Å². The van der Waals surface area contributed by atoms with E-state index in [1.54, 1.807) is 0 Å². The fourth-order valence-electron chi connectivity index (χ4n) is 2.14. The first-order chi connectivity index (χ1) is 10.8. The van der Waals surface area contributed by atoms with Crippen LogP contribution in [-0.2, 0) is 14.2 Å². The molecule has 0 rings (SSSR count). The predicted octanol–water partition coefficient (Wildman–Crippen LogP) is 2.53. The summed E-state index contributed by atoms with van der Waals surface area (Å²) in [6.07, 6.45) is 9.31. The Morgan fingerprint density at radius 1 is 0.727 bits per heavy atom. The summed E-state index contributed by atoms with van der Waals surface area (Å²) in [5, 5.41) is 18.3. The highest BCUT2D eigenvalue weighted by Crippen LogP contribution is 2.09. The van der Waals surface area contributed by atoms with Crippen molar-refractivity contribution in [3.05, 3.63) is 0 Å². The number of aliphatic hydroxyl groups excluding tert-OH is 2. The van der Waals surface area contributed by atoms with Crippen LogP contribution in [-0.4, -0.2) is 62.6 Å². The molecule has 0 saturated carbocycles. The standard InChI is InChI=1S/C17H36O5/c1-2-3-4-5-6-7-8-9-17(19)16-22-15-14-21-13-12-20-11-10-18/h17-19H,2-16H2,1H3. The molecule has 1 unspecified atom stereocenters. The van der Waals surface area contributed by atoms with E-state index in [1.807, 2.05) is 0 Å². The van der Waals surface area contributed by atoms with Crippen molar-refractivity contribution in [2.24, 2.45) is 0 Å². The van der Waals surface area contributed by atoms with Crippen molar-refractivity contribution in [2.45, 2.75) is 64.4 Å². The van der Waals surface area contributed by atoms with Gasteiger partial charge in [-0.1, -0.05) is 51.9 Å². The number of hydrogen-bond acceptors (Lipinski definition) is 5. The van der Waals surface area contributed by atoms with Crippen molar-refractivity contribution < 1.29 is 24.4 Å². The van der Waals surface area contributed by atoms with Crippen LogP contribution in [0.15, 0.2) is 0 Å². The van der Waals surface area contributed by atoms with E-state index in [4.69, 9.17) is 19.3 Å². The lowest BCUT2D eigenvalue weighted by Gasteiger charge is -2.11. The zero-order valence-corrected chi connectivity index (χ0v) is 14.3. The molecule has 1 atom stereocenters. The molecule has 0 aliphatic rings. The van der Waals surface area contributed by atoms with Gasteiger partial charge in [-0.25, -0.2) is 0 Å². The predicted molar refractivity (Wildman–Crippen MR) is 88.2 cm³/mol. The van der Waals surface area contributed by atoms with Crippen molar-refractivity contribution in [3.8, 4) is 0 Å². The third-order valence-electron chi connectivity index (χ3n) is 3.43. The lowest BCUT2D eigenvalue weighted by molar-refractivity contribution is -0.0144. The summed E-state index contributed by atoms with van der Waals surface area (Å²) >= 11 is 0. The summed E-state index contributed by atoms with van der Waals surface area (Å²) in [6, 6.07) is 0. The molecule has 0 aromatic carbocycles. The number of hydrogen-bond donors (Lipinski definition) is 2. The minimum absolute atomic E-state index is 0.0414. The normalized spacial score (nSPS) is 12.7. The Labute approximate surface area is 136 Å². The maximum atomic E-state index is 9.78. The lowest BCUT2D eigenvalue weighted by atomic mass is 10.1. The number of ether oxygens (including phenoxy) is 3. The smallest absolute Gasteiger partial charge is 0.0773 e. The van der Waals surface area contributed by atoms with E-state index in [9.17, 15) is 5.11 Å². The Kier molecular flexibility index (Phi) is 18.7. The molecule has 5 heteroatoms. The van der Waals surface area contributed by atoms with Crippen molar-refractivity contribution in [1.29, 1.82) is 0 Å². The van der Waals surface area contributed by atoms with Crippen LogP contribution in [0.4, 0.5) is 0 Å². The monoisotopic (exact) mass is 320 g/mol. The van der Waals surface area contributed by atoms with Gasteiger partial charge in [0.1, 0.15) is 0 Å². The summed E-state index contributed by atoms with van der Waals surface area (Å²) in [6.45, 7) is 5.00. The minimum Gasteiger partial charge on any atom is -0.394 e. The van der Waals surface area contributed by atoms with Gasteiger partial charge in [0, 0.05) is 0 Å². The molecule has 5 nitrogen and oxygen atoms in total. The van der Waals surface area contributed by atoms with E-state index < -0.39 is 0 Å². The van der Waals surface area contributed by atoms with Gasteiger partial charge in [-0.05, 0) is 6.42 Å². The van der Waals surface area contributed by atoms with Crippen LogP contribution in [0.1, 0.15) is 58.3 Å². The van der Waals surface area contributed by atoms with Crippen LogP contribution in [0.25, 0.3) is 0 Å². The maximum absolute atomic E-state index is 9.78. The molecular weight excluding hydrogens is 284 g/mol. The van der Waals surface area contributed by atoms with Gasteiger partial charge in [-0.15, -0.1) is 0 Å². The molecule has 0 fully saturated rings. The van der Waals surface area contributed by atoms with E-state index in [0.717, 1.165) is 12.8 Å². The average molecular weight is 320 g/mol. The largest absolute Gasteiger partial charge is 0.394 e. The third-order valence-corrected chi connectivity index (χ3v) is 3.43. The second-order valence-corrected chi connectivity index (χ2v) is 5.59. The quantitative estimate of drug-likeness (QED) is 0.380. The first-order valence-electron chi connectivity index (χ1n) is 8.83. The van der Waals surface area contributed by atoms with Crippen LogP contribution in [0, 0.1) is 0 Å². The van der Waals surface area contributed by atoms with E-state index in [0.29, 0.717) is 39.6 Å². The molecule has 0 amide bonds. The van der Waals surface area contributed by atoms with E-state index in [2.05, 4.69) is 6.92 Å². The van der Waals surface area contributed by atoms with Crippen molar-refractivity contribution in [2.75, 3.05) is 46.2 Å². The van der Waals surface area contributed by atoms with Crippen molar-refractivity contribution in [3.63, 3.8) is 0 Å². The lowest BCUT2D eigenvalue weighted by Crippen LogP contribution is -2.18. The number of aliphatic hydroxyl groups is 2. The molecule has 22 heavy (non-hydrogen) atoms. The molecule has 0 aromatic heterocycles. The topological polar surface area (TPSA) is 68.2 Å². The summed E-state index contributed by atoms with van der Waals surface area (Å²) in [7, 11) is 0. The first-order valence-corrected chi connectivity index (χ1v) is 8.83. The molecule has 2 N–H and O–H groups in total. The Bertz CT molecular complexity index is 201. The van der Waals surface area contributed by atoms with Gasteiger partial charge in [0.15, 0.2) is 0 Å². The first kappa shape index (κ1) is 21.8. The molecule has 134 valence electrons. The molecule has 0 spiro atoms. The molecule has 0 aliphatic heterocycles. The third kappa shape index (κ3) is 17.9. The fraction of sp³-hybridized carbons (Fsp3) is 1.00. The zero-order valence-electron chi connectivity index (χ0n) is 14.3. The van der Waals surface area contributed by atoms with Crippen LogP contribution in [0.2, 0.25) is 0 Å². The Hall–Kier alpha value is -0.200. The highest BCUT2D eigenvalue weighted by atomic mass is 16.5. The summed E-state index contributed by atoms with van der Waals surface area (Å²) in [5.41, 5.74) is 0. The van der Waals surface area contributed by atoms with E-state index in [1.165, 1.54) is 38.5 Å².